The molecule has 0 radical (unpaired) electrons. The van der Waals surface area contributed by atoms with Crippen LogP contribution in [0.3, 0.4) is 0 Å². The molecular formula is C16H18N4S. The molecule has 5 heteroatoms. The number of hydrazine groups is 1. The van der Waals surface area contributed by atoms with Gasteiger partial charge in [-0.3, -0.25) is 16.3 Å². The minimum Gasteiger partial charge on any atom is -0.271 e. The second kappa shape index (κ2) is 6.30. The molecule has 0 aliphatic carbocycles. The van der Waals surface area contributed by atoms with E-state index in [2.05, 4.69) is 32.9 Å². The van der Waals surface area contributed by atoms with Crippen LogP contribution in [0, 0.1) is 6.92 Å². The van der Waals surface area contributed by atoms with Gasteiger partial charge in [0, 0.05) is 35.1 Å². The number of nitrogens with zero attached hydrogens (tertiary/aromatic N) is 2. The van der Waals surface area contributed by atoms with Gasteiger partial charge in [-0.2, -0.15) is 0 Å². The highest BCUT2D eigenvalue weighted by atomic mass is 32.1. The monoisotopic (exact) mass is 298 g/mol. The number of pyridine rings is 1. The van der Waals surface area contributed by atoms with E-state index in [9.17, 15) is 0 Å². The van der Waals surface area contributed by atoms with E-state index in [1.807, 2.05) is 31.3 Å². The molecule has 3 rings (SSSR count). The summed E-state index contributed by atoms with van der Waals surface area (Å²) in [5, 5.41) is 4.38. The van der Waals surface area contributed by atoms with E-state index in [0.29, 0.717) is 0 Å². The maximum Gasteiger partial charge on any atom is 0.0944 e. The first-order valence-corrected chi connectivity index (χ1v) is 7.84. The molecule has 0 amide bonds. The van der Waals surface area contributed by atoms with Crippen molar-refractivity contribution in [3.8, 4) is 0 Å². The molecule has 0 aliphatic rings. The third-order valence-electron chi connectivity index (χ3n) is 3.53. The Morgan fingerprint density at radius 1 is 1.24 bits per heavy atom. The second-order valence-corrected chi connectivity index (χ2v) is 6.08. The van der Waals surface area contributed by atoms with Crippen LogP contribution in [0.5, 0.6) is 0 Å². The first-order valence-electron chi connectivity index (χ1n) is 6.96. The molecule has 1 unspecified atom stereocenters. The number of nitrogens with two attached hydrogens (primary N) is 1. The molecule has 4 nitrogen and oxygen atoms in total. The molecule has 0 bridgehead atoms. The van der Waals surface area contributed by atoms with Crippen LogP contribution in [0.2, 0.25) is 0 Å². The molecule has 0 saturated carbocycles. The van der Waals surface area contributed by atoms with Crippen molar-refractivity contribution in [2.45, 2.75) is 25.8 Å². The first-order chi connectivity index (χ1) is 10.3. The molecule has 0 aliphatic heterocycles. The number of hydrogen-bond donors (Lipinski definition) is 2. The van der Waals surface area contributed by atoms with Gasteiger partial charge in [0.1, 0.15) is 0 Å². The van der Waals surface area contributed by atoms with E-state index in [1.54, 1.807) is 11.3 Å². The van der Waals surface area contributed by atoms with Gasteiger partial charge in [-0.25, -0.2) is 4.98 Å². The minimum atomic E-state index is 0.168. The molecule has 0 saturated heterocycles. The number of hydrogen-bond acceptors (Lipinski definition) is 5. The highest BCUT2D eigenvalue weighted by Crippen LogP contribution is 2.19. The number of aromatic nitrogens is 2. The molecule has 0 spiro atoms. The highest BCUT2D eigenvalue weighted by Gasteiger charge is 2.13. The van der Waals surface area contributed by atoms with Crippen molar-refractivity contribution >= 4 is 22.2 Å². The number of rotatable bonds is 5. The number of fused-ring (bicyclic) bond motifs is 1. The van der Waals surface area contributed by atoms with Crippen molar-refractivity contribution in [2.24, 2.45) is 5.84 Å². The Morgan fingerprint density at radius 2 is 2.10 bits per heavy atom. The van der Waals surface area contributed by atoms with E-state index in [1.165, 1.54) is 10.9 Å². The molecule has 1 atom stereocenters. The number of nitrogens with one attached hydrogen (secondary N) is 1. The molecule has 3 N–H and O–H groups in total. The van der Waals surface area contributed by atoms with E-state index >= 15 is 0 Å². The smallest absolute Gasteiger partial charge is 0.0944 e. The lowest BCUT2D eigenvalue weighted by Gasteiger charge is -2.15. The maximum atomic E-state index is 5.73. The van der Waals surface area contributed by atoms with Crippen LogP contribution in [0.4, 0.5) is 0 Å². The number of thiazole rings is 1. The summed E-state index contributed by atoms with van der Waals surface area (Å²) in [7, 11) is 0. The van der Waals surface area contributed by atoms with Crippen LogP contribution in [-0.4, -0.2) is 16.0 Å². The van der Waals surface area contributed by atoms with Crippen molar-refractivity contribution < 1.29 is 0 Å². The lowest BCUT2D eigenvalue weighted by atomic mass is 10.0. The fraction of sp³-hybridized carbons (Fsp3) is 0.250. The lowest BCUT2D eigenvalue weighted by Crippen LogP contribution is -2.38. The van der Waals surface area contributed by atoms with Crippen molar-refractivity contribution in [2.75, 3.05) is 0 Å². The summed E-state index contributed by atoms with van der Waals surface area (Å²) in [6.45, 7) is 2.02. The minimum absolute atomic E-state index is 0.168. The van der Waals surface area contributed by atoms with Crippen LogP contribution in [0.1, 0.15) is 16.3 Å². The SMILES string of the molecule is Cc1csc(CC(Cc2ccnc3ccccc23)NN)n1. The molecular weight excluding hydrogens is 280 g/mol. The number of benzene rings is 1. The Kier molecular flexibility index (Phi) is 4.24. The topological polar surface area (TPSA) is 63.8 Å². The van der Waals surface area contributed by atoms with Crippen molar-refractivity contribution in [1.29, 1.82) is 0 Å². The van der Waals surface area contributed by atoms with Crippen LogP contribution >= 0.6 is 11.3 Å². The zero-order chi connectivity index (χ0) is 14.7. The van der Waals surface area contributed by atoms with Crippen LogP contribution in [0.15, 0.2) is 41.9 Å². The number of para-hydroxylation sites is 1. The Morgan fingerprint density at radius 3 is 2.86 bits per heavy atom. The van der Waals surface area contributed by atoms with Gasteiger partial charge in [0.15, 0.2) is 0 Å². The Bertz CT molecular complexity index is 732. The first kappa shape index (κ1) is 14.1. The summed E-state index contributed by atoms with van der Waals surface area (Å²) in [4.78, 5) is 8.91. The van der Waals surface area contributed by atoms with Crippen LogP contribution in [0.25, 0.3) is 10.9 Å². The normalized spacial score (nSPS) is 12.7. The van der Waals surface area contributed by atoms with Gasteiger partial charge < -0.3 is 0 Å². The van der Waals surface area contributed by atoms with E-state index < -0.39 is 0 Å². The van der Waals surface area contributed by atoms with Crippen molar-refractivity contribution in [1.82, 2.24) is 15.4 Å². The standard InChI is InChI=1S/C16H18N4S/c1-11-10-21-16(19-11)9-13(20-17)8-12-6-7-18-15-5-3-2-4-14(12)15/h2-7,10,13,20H,8-9,17H2,1H3. The van der Waals surface area contributed by atoms with Gasteiger partial charge in [-0.1, -0.05) is 18.2 Å². The summed E-state index contributed by atoms with van der Waals surface area (Å²) >= 11 is 1.69. The third-order valence-corrected chi connectivity index (χ3v) is 4.52. The summed E-state index contributed by atoms with van der Waals surface area (Å²) in [5.74, 6) is 5.73. The Balaban J connectivity index is 1.82. The van der Waals surface area contributed by atoms with Gasteiger partial charge in [0.25, 0.3) is 0 Å². The molecule has 1 aromatic carbocycles. The van der Waals surface area contributed by atoms with Crippen LogP contribution < -0.4 is 11.3 Å². The predicted octanol–water partition coefficient (Wildman–Crippen LogP) is 2.62. The fourth-order valence-electron chi connectivity index (χ4n) is 2.50. The highest BCUT2D eigenvalue weighted by molar-refractivity contribution is 7.09. The molecule has 21 heavy (non-hydrogen) atoms. The summed E-state index contributed by atoms with van der Waals surface area (Å²) in [6.07, 6.45) is 3.56. The van der Waals surface area contributed by atoms with Crippen molar-refractivity contribution in [3.05, 3.63) is 58.2 Å². The maximum absolute atomic E-state index is 5.73. The van der Waals surface area contributed by atoms with Gasteiger partial charge >= 0.3 is 0 Å². The quantitative estimate of drug-likeness (QED) is 0.561. The average Bonchev–Trinajstić information content (AvgIpc) is 2.92. The van der Waals surface area contributed by atoms with Gasteiger partial charge in [-0.15, -0.1) is 11.3 Å². The largest absolute Gasteiger partial charge is 0.271 e. The zero-order valence-electron chi connectivity index (χ0n) is 11.9. The molecule has 3 aromatic rings. The fourth-order valence-corrected chi connectivity index (χ4v) is 3.35. The van der Waals surface area contributed by atoms with Crippen LogP contribution in [-0.2, 0) is 12.8 Å². The van der Waals surface area contributed by atoms with E-state index in [0.717, 1.165) is 29.1 Å². The van der Waals surface area contributed by atoms with E-state index in [-0.39, 0.29) is 6.04 Å². The predicted molar refractivity (Wildman–Crippen MR) is 87.1 cm³/mol. The summed E-state index contributed by atoms with van der Waals surface area (Å²) in [6, 6.07) is 10.4. The Hall–Kier alpha value is -1.82. The molecule has 2 heterocycles. The van der Waals surface area contributed by atoms with Crippen molar-refractivity contribution in [3.63, 3.8) is 0 Å². The summed E-state index contributed by atoms with van der Waals surface area (Å²) < 4.78 is 0. The Labute approximate surface area is 128 Å². The number of aryl methyl sites for hydroxylation is 1. The molecule has 0 fully saturated rings. The molecule has 108 valence electrons. The van der Waals surface area contributed by atoms with E-state index in [4.69, 9.17) is 5.84 Å². The summed E-state index contributed by atoms with van der Waals surface area (Å²) in [5.41, 5.74) is 6.27. The van der Waals surface area contributed by atoms with Gasteiger partial charge in [0.2, 0.25) is 0 Å². The average molecular weight is 298 g/mol. The third kappa shape index (κ3) is 3.26. The second-order valence-electron chi connectivity index (χ2n) is 5.14. The molecule has 2 aromatic heterocycles. The van der Waals surface area contributed by atoms with Gasteiger partial charge in [0.05, 0.1) is 10.5 Å². The zero-order valence-corrected chi connectivity index (χ0v) is 12.7. The lowest BCUT2D eigenvalue weighted by molar-refractivity contribution is 0.522. The van der Waals surface area contributed by atoms with Gasteiger partial charge in [-0.05, 0) is 31.0 Å².